The van der Waals surface area contributed by atoms with Crippen LogP contribution in [0.5, 0.6) is 0 Å². The standard InChI is InChI=1S/C5H5.C2H5O.Mn/c1-2-4-5-3-1;1-2-3;/h1-3H,4H2;2-3H,1H3;/q2*-1;+2. The zero-order valence-electron chi connectivity index (χ0n) is 5.34. The van der Waals surface area contributed by atoms with Crippen LogP contribution in [0, 0.1) is 12.7 Å². The minimum Gasteiger partial charge on any atom is -0.566 e. The van der Waals surface area contributed by atoms with E-state index in [9.17, 15) is 0 Å². The first-order valence-electron chi connectivity index (χ1n) is 2.55. The molecular formula is C7H10MnO. The summed E-state index contributed by atoms with van der Waals surface area (Å²) in [7, 11) is 0. The van der Waals surface area contributed by atoms with Gasteiger partial charge in [-0.3, -0.25) is 6.08 Å². The summed E-state index contributed by atoms with van der Waals surface area (Å²) in [5, 5.41) is 7.44. The summed E-state index contributed by atoms with van der Waals surface area (Å²) >= 11 is 0. The molecule has 0 fully saturated rings. The molecule has 1 N–H and O–H groups in total. The van der Waals surface area contributed by atoms with E-state index in [-0.39, 0.29) is 17.1 Å². The van der Waals surface area contributed by atoms with Gasteiger partial charge in [-0.05, 0) is 0 Å². The molecule has 0 aliphatic heterocycles. The van der Waals surface area contributed by atoms with Crippen LogP contribution in [-0.4, -0.2) is 5.11 Å². The van der Waals surface area contributed by atoms with Gasteiger partial charge in [0.25, 0.3) is 0 Å². The first kappa shape index (κ1) is 11.7. The molecule has 0 atom stereocenters. The largest absolute Gasteiger partial charge is 2.00 e. The molecule has 0 aromatic carbocycles. The second kappa shape index (κ2) is 10.9. The van der Waals surface area contributed by atoms with Crippen molar-refractivity contribution in [1.29, 1.82) is 0 Å². The molecular weight excluding hydrogens is 155 g/mol. The van der Waals surface area contributed by atoms with Crippen molar-refractivity contribution in [2.24, 2.45) is 0 Å². The third kappa shape index (κ3) is 11.5. The van der Waals surface area contributed by atoms with E-state index in [1.807, 2.05) is 12.2 Å². The molecule has 0 unspecified atom stereocenters. The second-order valence-corrected chi connectivity index (χ2v) is 1.26. The van der Waals surface area contributed by atoms with E-state index in [1.165, 1.54) is 0 Å². The van der Waals surface area contributed by atoms with E-state index in [4.69, 9.17) is 5.11 Å². The van der Waals surface area contributed by atoms with Crippen molar-refractivity contribution >= 4 is 0 Å². The van der Waals surface area contributed by atoms with Crippen molar-refractivity contribution < 1.29 is 22.2 Å². The van der Waals surface area contributed by atoms with Crippen LogP contribution in [0.2, 0.25) is 0 Å². The molecule has 0 bridgehead atoms. The van der Waals surface area contributed by atoms with Crippen LogP contribution < -0.4 is 0 Å². The molecule has 0 saturated heterocycles. The Balaban J connectivity index is 0. The minimum absolute atomic E-state index is 0. The normalized spacial score (nSPS) is 11.8. The Kier molecular flexibility index (Phi) is 14.1. The van der Waals surface area contributed by atoms with Crippen molar-refractivity contribution in [2.75, 3.05) is 0 Å². The van der Waals surface area contributed by atoms with Gasteiger partial charge in [0.05, 0.1) is 0 Å². The van der Waals surface area contributed by atoms with E-state index >= 15 is 0 Å². The molecule has 1 rings (SSSR count). The molecule has 0 aromatic rings. The summed E-state index contributed by atoms with van der Waals surface area (Å²) < 4.78 is 0. The minimum atomic E-state index is 0. The summed E-state index contributed by atoms with van der Waals surface area (Å²) in [6, 6.07) is 0. The molecule has 1 aliphatic carbocycles. The Morgan fingerprint density at radius 2 is 2.22 bits per heavy atom. The molecule has 51 valence electrons. The monoisotopic (exact) mass is 165 g/mol. The van der Waals surface area contributed by atoms with E-state index in [0.717, 1.165) is 13.0 Å². The van der Waals surface area contributed by atoms with Gasteiger partial charge in [-0.15, -0.1) is 6.42 Å². The Bertz CT molecular complexity index is 76.9. The molecule has 0 amide bonds. The summed E-state index contributed by atoms with van der Waals surface area (Å²) in [5.41, 5.74) is 0. The Morgan fingerprint density at radius 3 is 2.33 bits per heavy atom. The quantitative estimate of drug-likeness (QED) is 0.429. The van der Waals surface area contributed by atoms with E-state index in [0.29, 0.717) is 0 Å². The van der Waals surface area contributed by atoms with E-state index < -0.39 is 0 Å². The Morgan fingerprint density at radius 1 is 1.67 bits per heavy atom. The first-order valence-corrected chi connectivity index (χ1v) is 2.55. The molecule has 1 aliphatic rings. The molecule has 0 heterocycles. The predicted molar refractivity (Wildman–Crippen MR) is 33.5 cm³/mol. The van der Waals surface area contributed by atoms with Crippen LogP contribution in [0.4, 0.5) is 0 Å². The summed E-state index contributed by atoms with van der Waals surface area (Å²) in [4.78, 5) is 0. The van der Waals surface area contributed by atoms with Crippen molar-refractivity contribution in [3.05, 3.63) is 30.9 Å². The van der Waals surface area contributed by atoms with Crippen molar-refractivity contribution in [3.8, 4) is 0 Å². The number of aliphatic hydroxyl groups excluding tert-OH is 1. The zero-order chi connectivity index (χ0) is 6.24. The number of rotatable bonds is 0. The first-order chi connectivity index (χ1) is 3.91. The predicted octanol–water partition coefficient (Wildman–Crippen LogP) is 1.84. The number of hydrogen-bond acceptors (Lipinski definition) is 1. The zero-order valence-corrected chi connectivity index (χ0v) is 6.52. The van der Waals surface area contributed by atoms with E-state index in [2.05, 4.69) is 12.2 Å². The second-order valence-electron chi connectivity index (χ2n) is 1.26. The number of allylic oxidation sites excluding steroid dienone is 4. The molecule has 0 spiro atoms. The van der Waals surface area contributed by atoms with Gasteiger partial charge < -0.3 is 5.11 Å². The van der Waals surface area contributed by atoms with Crippen LogP contribution >= 0.6 is 0 Å². The third-order valence-corrected chi connectivity index (χ3v) is 0.586. The van der Waals surface area contributed by atoms with E-state index in [1.54, 1.807) is 6.92 Å². The van der Waals surface area contributed by atoms with Gasteiger partial charge in [0.2, 0.25) is 0 Å². The van der Waals surface area contributed by atoms with Gasteiger partial charge in [0.15, 0.2) is 0 Å². The molecule has 2 heteroatoms. The van der Waals surface area contributed by atoms with Gasteiger partial charge in [-0.25, -0.2) is 18.8 Å². The van der Waals surface area contributed by atoms with Crippen LogP contribution in [-0.2, 0) is 17.1 Å². The van der Waals surface area contributed by atoms with Crippen LogP contribution in [0.15, 0.2) is 18.2 Å². The maximum Gasteiger partial charge on any atom is 2.00 e. The van der Waals surface area contributed by atoms with Gasteiger partial charge in [0.1, 0.15) is 0 Å². The summed E-state index contributed by atoms with van der Waals surface area (Å²) in [6.45, 7) is 2.56. The summed E-state index contributed by atoms with van der Waals surface area (Å²) in [6.07, 6.45) is 10.0. The fraction of sp³-hybridized carbons (Fsp3) is 0.286. The topological polar surface area (TPSA) is 20.2 Å². The SMILES string of the molecule is C[CH-]O.[C-]1=CC=CC1.[Mn+2]. The number of aliphatic hydroxyl groups is 1. The van der Waals surface area contributed by atoms with Gasteiger partial charge in [0, 0.05) is 0 Å². The van der Waals surface area contributed by atoms with Crippen LogP contribution in [0.3, 0.4) is 0 Å². The smallest absolute Gasteiger partial charge is 0.566 e. The Hall–Kier alpha value is -0.0405. The van der Waals surface area contributed by atoms with Crippen molar-refractivity contribution in [2.45, 2.75) is 13.3 Å². The molecule has 1 nitrogen and oxygen atoms in total. The summed E-state index contributed by atoms with van der Waals surface area (Å²) in [5.74, 6) is 0. The fourth-order valence-corrected chi connectivity index (χ4v) is 0.340. The van der Waals surface area contributed by atoms with Gasteiger partial charge in [-0.2, -0.15) is 13.0 Å². The third-order valence-electron chi connectivity index (χ3n) is 0.586. The molecule has 0 saturated carbocycles. The number of hydrogen-bond donors (Lipinski definition) is 1. The van der Waals surface area contributed by atoms with Crippen LogP contribution in [0.25, 0.3) is 0 Å². The van der Waals surface area contributed by atoms with Gasteiger partial charge >= 0.3 is 17.1 Å². The molecule has 1 radical (unpaired) electrons. The average molecular weight is 165 g/mol. The Labute approximate surface area is 66.9 Å². The molecule has 9 heavy (non-hydrogen) atoms. The fourth-order valence-electron chi connectivity index (χ4n) is 0.340. The maximum atomic E-state index is 7.44. The molecule has 0 aromatic heterocycles. The average Bonchev–Trinajstić information content (AvgIpc) is 2.17. The van der Waals surface area contributed by atoms with Crippen LogP contribution in [0.1, 0.15) is 13.3 Å². The van der Waals surface area contributed by atoms with Crippen molar-refractivity contribution in [1.82, 2.24) is 0 Å². The maximum absolute atomic E-state index is 7.44. The van der Waals surface area contributed by atoms with Gasteiger partial charge in [-0.1, -0.05) is 0 Å². The van der Waals surface area contributed by atoms with Crippen molar-refractivity contribution in [3.63, 3.8) is 0 Å².